The summed E-state index contributed by atoms with van der Waals surface area (Å²) >= 11 is 5.38. The van der Waals surface area contributed by atoms with E-state index in [1.54, 1.807) is 0 Å². The quantitative estimate of drug-likeness (QED) is 0.698. The largest absolute Gasteiger partial charge is 0.313 e. The summed E-state index contributed by atoms with van der Waals surface area (Å²) in [4.78, 5) is 3.93. The van der Waals surface area contributed by atoms with Crippen molar-refractivity contribution in [3.8, 4) is 0 Å². The number of hydrogen-bond acceptors (Lipinski definition) is 3. The first kappa shape index (κ1) is 16.5. The van der Waals surface area contributed by atoms with Crippen LogP contribution in [0.1, 0.15) is 44.4 Å². The molecule has 1 aromatic heterocycles. The Balaban J connectivity index is 1.88. The fraction of sp³-hybridized carbons (Fsp3) is 0.750. The van der Waals surface area contributed by atoms with Crippen LogP contribution in [-0.2, 0) is 6.54 Å². The van der Waals surface area contributed by atoms with E-state index >= 15 is 0 Å². The highest BCUT2D eigenvalue weighted by Crippen LogP contribution is 2.30. The lowest BCUT2D eigenvalue weighted by atomic mass is 9.81. The highest BCUT2D eigenvalue weighted by atomic mass is 79.9. The summed E-state index contributed by atoms with van der Waals surface area (Å²) < 4.78 is 1.21. The lowest BCUT2D eigenvalue weighted by Gasteiger charge is -2.36. The molecule has 0 radical (unpaired) electrons. The summed E-state index contributed by atoms with van der Waals surface area (Å²) in [5.74, 6) is 0. The number of halogens is 1. The highest BCUT2D eigenvalue weighted by Gasteiger charge is 2.30. The van der Waals surface area contributed by atoms with Crippen molar-refractivity contribution in [2.24, 2.45) is 5.41 Å². The van der Waals surface area contributed by atoms with Crippen molar-refractivity contribution in [2.45, 2.75) is 52.1 Å². The molecule has 1 heterocycles. The summed E-state index contributed by atoms with van der Waals surface area (Å²) in [5.41, 5.74) is 0.422. The van der Waals surface area contributed by atoms with Crippen LogP contribution in [0, 0.1) is 5.41 Å². The average molecular weight is 359 g/mol. The number of hydrogen-bond donors (Lipinski definition) is 1. The van der Waals surface area contributed by atoms with Gasteiger partial charge >= 0.3 is 0 Å². The molecule has 4 heteroatoms. The summed E-state index contributed by atoms with van der Waals surface area (Å²) in [7, 11) is 2.25. The molecular weight excluding hydrogens is 332 g/mol. The molecule has 114 valence electrons. The molecule has 2 nitrogen and oxygen atoms in total. The minimum atomic E-state index is 0.422. The Bertz CT molecular complexity index is 410. The van der Waals surface area contributed by atoms with Gasteiger partial charge in [-0.05, 0) is 60.1 Å². The lowest BCUT2D eigenvalue weighted by Crippen LogP contribution is -2.42. The van der Waals surface area contributed by atoms with Gasteiger partial charge in [0.25, 0.3) is 0 Å². The molecule has 1 aromatic rings. The van der Waals surface area contributed by atoms with E-state index in [4.69, 9.17) is 0 Å². The number of nitrogens with one attached hydrogen (secondary N) is 1. The molecule has 1 fully saturated rings. The minimum absolute atomic E-state index is 0.422. The van der Waals surface area contributed by atoms with Crippen LogP contribution in [0.2, 0.25) is 0 Å². The molecule has 0 atom stereocenters. The summed E-state index contributed by atoms with van der Waals surface area (Å²) in [5, 5.41) is 5.91. The van der Waals surface area contributed by atoms with Gasteiger partial charge in [0.2, 0.25) is 0 Å². The van der Waals surface area contributed by atoms with E-state index in [2.05, 4.69) is 58.5 Å². The zero-order chi connectivity index (χ0) is 14.6. The fourth-order valence-corrected chi connectivity index (χ4v) is 4.29. The molecule has 20 heavy (non-hydrogen) atoms. The van der Waals surface area contributed by atoms with E-state index in [0.29, 0.717) is 5.41 Å². The van der Waals surface area contributed by atoms with Crippen LogP contribution < -0.4 is 5.32 Å². The predicted octanol–water partition coefficient (Wildman–Crippen LogP) is 4.50. The van der Waals surface area contributed by atoms with Gasteiger partial charge < -0.3 is 10.2 Å². The third kappa shape index (κ3) is 4.83. The molecule has 0 amide bonds. The Morgan fingerprint density at radius 1 is 1.40 bits per heavy atom. The maximum atomic E-state index is 3.74. The second-order valence-electron chi connectivity index (χ2n) is 6.27. The zero-order valence-corrected chi connectivity index (χ0v) is 15.3. The van der Waals surface area contributed by atoms with Gasteiger partial charge in [-0.2, -0.15) is 0 Å². The van der Waals surface area contributed by atoms with Gasteiger partial charge in [-0.15, -0.1) is 11.3 Å². The Morgan fingerprint density at radius 2 is 2.10 bits per heavy atom. The van der Waals surface area contributed by atoms with Crippen molar-refractivity contribution in [1.29, 1.82) is 0 Å². The maximum Gasteiger partial charge on any atom is 0.0325 e. The van der Waals surface area contributed by atoms with Crippen LogP contribution in [-0.4, -0.2) is 31.1 Å². The van der Waals surface area contributed by atoms with Gasteiger partial charge in [0.15, 0.2) is 0 Å². The van der Waals surface area contributed by atoms with E-state index in [-0.39, 0.29) is 0 Å². The average Bonchev–Trinajstić information content (AvgIpc) is 3.18. The molecule has 2 rings (SSSR count). The van der Waals surface area contributed by atoms with Gasteiger partial charge in [0.1, 0.15) is 0 Å². The van der Waals surface area contributed by atoms with Crippen molar-refractivity contribution in [2.75, 3.05) is 20.1 Å². The second-order valence-corrected chi connectivity index (χ2v) is 8.18. The van der Waals surface area contributed by atoms with E-state index in [0.717, 1.165) is 12.6 Å². The normalized spacial score (nSPS) is 16.1. The molecule has 1 aliphatic rings. The molecule has 0 spiro atoms. The minimum Gasteiger partial charge on any atom is -0.313 e. The molecule has 0 unspecified atom stereocenters. The van der Waals surface area contributed by atoms with Crippen molar-refractivity contribution in [3.05, 3.63) is 20.8 Å². The van der Waals surface area contributed by atoms with Crippen LogP contribution in [0.15, 0.2) is 15.9 Å². The highest BCUT2D eigenvalue weighted by molar-refractivity contribution is 9.10. The van der Waals surface area contributed by atoms with Gasteiger partial charge in [-0.3, -0.25) is 0 Å². The molecule has 0 saturated heterocycles. The standard InChI is InChI=1S/C16H27BrN2S/c1-4-16(5-2,11-18-14-6-7-14)12-19(3)9-15-8-13(17)10-20-15/h8,10,14,18H,4-7,9,11-12H2,1-3H3. The lowest BCUT2D eigenvalue weighted by molar-refractivity contribution is 0.151. The monoisotopic (exact) mass is 358 g/mol. The second kappa shape index (κ2) is 7.39. The third-order valence-corrected chi connectivity index (χ3v) is 6.18. The molecule has 0 aliphatic heterocycles. The van der Waals surface area contributed by atoms with Crippen LogP contribution in [0.5, 0.6) is 0 Å². The Morgan fingerprint density at radius 3 is 2.60 bits per heavy atom. The van der Waals surface area contributed by atoms with E-state index in [1.165, 1.54) is 48.1 Å². The smallest absolute Gasteiger partial charge is 0.0325 e. The van der Waals surface area contributed by atoms with Crippen LogP contribution in [0.4, 0.5) is 0 Å². The van der Waals surface area contributed by atoms with Crippen molar-refractivity contribution in [1.82, 2.24) is 10.2 Å². The summed E-state index contributed by atoms with van der Waals surface area (Å²) in [6.45, 7) is 8.08. The van der Waals surface area contributed by atoms with Crippen molar-refractivity contribution >= 4 is 27.3 Å². The van der Waals surface area contributed by atoms with E-state index in [9.17, 15) is 0 Å². The third-order valence-electron chi connectivity index (χ3n) is 4.50. The maximum absolute atomic E-state index is 3.74. The number of rotatable bonds is 9. The summed E-state index contributed by atoms with van der Waals surface area (Å²) in [6, 6.07) is 3.05. The van der Waals surface area contributed by atoms with Crippen molar-refractivity contribution in [3.63, 3.8) is 0 Å². The van der Waals surface area contributed by atoms with E-state index < -0.39 is 0 Å². The molecular formula is C16H27BrN2S. The van der Waals surface area contributed by atoms with Crippen LogP contribution >= 0.6 is 27.3 Å². The Labute approximate surface area is 136 Å². The van der Waals surface area contributed by atoms with Gasteiger partial charge in [-0.25, -0.2) is 0 Å². The summed E-state index contributed by atoms with van der Waals surface area (Å²) in [6.07, 6.45) is 5.26. The molecule has 1 saturated carbocycles. The molecule has 1 aliphatic carbocycles. The SMILES string of the molecule is CCC(CC)(CNC1CC1)CN(C)Cc1cc(Br)cs1. The molecule has 1 N–H and O–H groups in total. The Hall–Kier alpha value is 0.1000. The Kier molecular flexibility index (Phi) is 6.09. The van der Waals surface area contributed by atoms with Gasteiger partial charge in [-0.1, -0.05) is 13.8 Å². The van der Waals surface area contributed by atoms with Gasteiger partial charge in [0, 0.05) is 40.4 Å². The van der Waals surface area contributed by atoms with Crippen LogP contribution in [0.25, 0.3) is 0 Å². The zero-order valence-electron chi connectivity index (χ0n) is 12.9. The predicted molar refractivity (Wildman–Crippen MR) is 92.4 cm³/mol. The topological polar surface area (TPSA) is 15.3 Å². The van der Waals surface area contributed by atoms with Crippen LogP contribution in [0.3, 0.4) is 0 Å². The number of nitrogens with zero attached hydrogens (tertiary/aromatic N) is 1. The van der Waals surface area contributed by atoms with E-state index in [1.807, 2.05) is 11.3 Å². The number of thiophene rings is 1. The molecule has 0 aromatic carbocycles. The van der Waals surface area contributed by atoms with Crippen molar-refractivity contribution < 1.29 is 0 Å². The molecule has 0 bridgehead atoms. The first-order chi connectivity index (χ1) is 9.57. The van der Waals surface area contributed by atoms with Gasteiger partial charge in [0.05, 0.1) is 0 Å². The first-order valence-electron chi connectivity index (χ1n) is 7.72. The fourth-order valence-electron chi connectivity index (χ4n) is 2.76. The first-order valence-corrected chi connectivity index (χ1v) is 9.39.